The summed E-state index contributed by atoms with van der Waals surface area (Å²) in [6, 6.07) is 10.6. The van der Waals surface area contributed by atoms with Gasteiger partial charge in [0.2, 0.25) is 0 Å². The van der Waals surface area contributed by atoms with Gasteiger partial charge in [-0.15, -0.1) is 0 Å². The molecular weight excluding hydrogens is 304 g/mol. The highest BCUT2D eigenvalue weighted by Gasteiger charge is 2.13. The summed E-state index contributed by atoms with van der Waals surface area (Å²) >= 11 is 0. The van der Waals surface area contributed by atoms with Crippen molar-refractivity contribution in [2.24, 2.45) is 0 Å². The van der Waals surface area contributed by atoms with Gasteiger partial charge in [-0.3, -0.25) is 4.79 Å². The van der Waals surface area contributed by atoms with Crippen LogP contribution in [-0.4, -0.2) is 19.1 Å². The first-order chi connectivity index (χ1) is 11.5. The van der Waals surface area contributed by atoms with Crippen LogP contribution >= 0.6 is 0 Å². The van der Waals surface area contributed by atoms with E-state index < -0.39 is 0 Å². The highest BCUT2D eigenvalue weighted by molar-refractivity contribution is 6.05. The van der Waals surface area contributed by atoms with Crippen LogP contribution in [0.25, 0.3) is 0 Å². The minimum atomic E-state index is -0.216. The number of aryl methyl sites for hydroxylation is 1. The second-order valence-corrected chi connectivity index (χ2v) is 5.47. The van der Waals surface area contributed by atoms with Gasteiger partial charge in [-0.25, -0.2) is 0 Å². The zero-order valence-corrected chi connectivity index (χ0v) is 14.4. The summed E-state index contributed by atoms with van der Waals surface area (Å²) < 4.78 is 11.2. The molecule has 0 unspecified atom stereocenters. The van der Waals surface area contributed by atoms with Crippen LogP contribution in [0.15, 0.2) is 36.4 Å². The van der Waals surface area contributed by atoms with E-state index in [1.807, 2.05) is 26.8 Å². The number of ether oxygens (including phenoxy) is 2. The van der Waals surface area contributed by atoms with Crippen molar-refractivity contribution >= 4 is 17.3 Å². The molecule has 0 radical (unpaired) electrons. The van der Waals surface area contributed by atoms with Crippen molar-refractivity contribution < 1.29 is 14.3 Å². The van der Waals surface area contributed by atoms with Gasteiger partial charge in [-0.2, -0.15) is 0 Å². The lowest BCUT2D eigenvalue weighted by atomic mass is 10.1. The van der Waals surface area contributed by atoms with Crippen LogP contribution in [0.1, 0.15) is 36.2 Å². The van der Waals surface area contributed by atoms with E-state index in [4.69, 9.17) is 15.2 Å². The highest BCUT2D eigenvalue weighted by atomic mass is 16.5. The van der Waals surface area contributed by atoms with Gasteiger partial charge in [0.1, 0.15) is 0 Å². The molecule has 0 saturated carbocycles. The van der Waals surface area contributed by atoms with Gasteiger partial charge in [-0.05, 0) is 56.2 Å². The lowest BCUT2D eigenvalue weighted by Gasteiger charge is -2.14. The van der Waals surface area contributed by atoms with Crippen LogP contribution in [0.3, 0.4) is 0 Å². The second kappa shape index (κ2) is 8.24. The molecule has 2 aromatic carbocycles. The molecule has 0 atom stereocenters. The summed E-state index contributed by atoms with van der Waals surface area (Å²) in [4.78, 5) is 12.5. The largest absolute Gasteiger partial charge is 0.490 e. The molecule has 2 aromatic rings. The summed E-state index contributed by atoms with van der Waals surface area (Å²) in [6.45, 7) is 6.96. The molecule has 0 aliphatic heterocycles. The molecule has 1 amide bonds. The van der Waals surface area contributed by atoms with Crippen molar-refractivity contribution in [3.05, 3.63) is 47.5 Å². The van der Waals surface area contributed by atoms with Gasteiger partial charge in [-0.1, -0.05) is 13.0 Å². The number of anilines is 2. The number of carbonyl (C=O) groups excluding carboxylic acids is 1. The summed E-state index contributed by atoms with van der Waals surface area (Å²) in [5.41, 5.74) is 8.54. The Balaban J connectivity index is 2.22. The normalized spacial score (nSPS) is 10.3. The lowest BCUT2D eigenvalue weighted by Crippen LogP contribution is -2.13. The molecule has 0 aromatic heterocycles. The topological polar surface area (TPSA) is 73.6 Å². The fraction of sp³-hybridized carbons (Fsp3) is 0.316. The standard InChI is InChI=1S/C19H24N2O3/c1-4-10-24-17-9-7-14(11-18(17)23-5-2)19(22)21-16-12-15(20)8-6-13(16)3/h6-9,11-12H,4-5,10,20H2,1-3H3,(H,21,22). The highest BCUT2D eigenvalue weighted by Crippen LogP contribution is 2.29. The van der Waals surface area contributed by atoms with Crippen LogP contribution in [0.5, 0.6) is 11.5 Å². The average molecular weight is 328 g/mol. The molecule has 0 heterocycles. The predicted octanol–water partition coefficient (Wildman–Crippen LogP) is 4.02. The molecule has 0 fully saturated rings. The zero-order chi connectivity index (χ0) is 17.5. The zero-order valence-electron chi connectivity index (χ0n) is 14.4. The number of amides is 1. The molecule has 5 heteroatoms. The number of rotatable bonds is 7. The fourth-order valence-corrected chi connectivity index (χ4v) is 2.22. The maximum absolute atomic E-state index is 12.5. The van der Waals surface area contributed by atoms with Crippen molar-refractivity contribution in [2.45, 2.75) is 27.2 Å². The van der Waals surface area contributed by atoms with Crippen molar-refractivity contribution in [3.63, 3.8) is 0 Å². The third-order valence-corrected chi connectivity index (χ3v) is 3.48. The number of nitrogens with one attached hydrogen (secondary N) is 1. The monoisotopic (exact) mass is 328 g/mol. The molecule has 5 nitrogen and oxygen atoms in total. The number of benzene rings is 2. The predicted molar refractivity (Wildman–Crippen MR) is 96.9 cm³/mol. The van der Waals surface area contributed by atoms with Crippen LogP contribution in [-0.2, 0) is 0 Å². The molecular formula is C19H24N2O3. The fourth-order valence-electron chi connectivity index (χ4n) is 2.22. The van der Waals surface area contributed by atoms with Crippen molar-refractivity contribution in [3.8, 4) is 11.5 Å². The Hall–Kier alpha value is -2.69. The van der Waals surface area contributed by atoms with E-state index in [1.165, 1.54) is 0 Å². The van der Waals surface area contributed by atoms with Gasteiger partial charge >= 0.3 is 0 Å². The van der Waals surface area contributed by atoms with Crippen molar-refractivity contribution in [2.75, 3.05) is 24.3 Å². The van der Waals surface area contributed by atoms with Gasteiger partial charge in [0.05, 0.1) is 13.2 Å². The first kappa shape index (κ1) is 17.7. The Bertz CT molecular complexity index is 714. The third kappa shape index (κ3) is 4.41. The van der Waals surface area contributed by atoms with E-state index in [9.17, 15) is 4.79 Å². The van der Waals surface area contributed by atoms with Crippen molar-refractivity contribution in [1.29, 1.82) is 0 Å². The molecule has 0 saturated heterocycles. The lowest BCUT2D eigenvalue weighted by molar-refractivity contribution is 0.102. The van der Waals surface area contributed by atoms with Gasteiger partial charge in [0.25, 0.3) is 5.91 Å². The molecule has 3 N–H and O–H groups in total. The maximum Gasteiger partial charge on any atom is 0.255 e. The first-order valence-corrected chi connectivity index (χ1v) is 8.12. The second-order valence-electron chi connectivity index (χ2n) is 5.47. The molecule has 0 spiro atoms. The minimum Gasteiger partial charge on any atom is -0.490 e. The van der Waals surface area contributed by atoms with E-state index in [0.29, 0.717) is 41.7 Å². The van der Waals surface area contributed by atoms with E-state index in [2.05, 4.69) is 5.32 Å². The third-order valence-electron chi connectivity index (χ3n) is 3.48. The van der Waals surface area contributed by atoms with Crippen LogP contribution in [0.4, 0.5) is 11.4 Å². The number of hydrogen-bond donors (Lipinski definition) is 2. The average Bonchev–Trinajstić information content (AvgIpc) is 2.57. The summed E-state index contributed by atoms with van der Waals surface area (Å²) in [5, 5.41) is 2.88. The number of nitrogen functional groups attached to an aromatic ring is 1. The van der Waals surface area contributed by atoms with Crippen LogP contribution in [0.2, 0.25) is 0 Å². The Kier molecular flexibility index (Phi) is 6.07. The summed E-state index contributed by atoms with van der Waals surface area (Å²) in [5.74, 6) is 1.00. The number of hydrogen-bond acceptors (Lipinski definition) is 4. The quantitative estimate of drug-likeness (QED) is 0.753. The molecule has 0 bridgehead atoms. The molecule has 2 rings (SSSR count). The maximum atomic E-state index is 12.5. The molecule has 24 heavy (non-hydrogen) atoms. The molecule has 128 valence electrons. The van der Waals surface area contributed by atoms with Gasteiger partial charge < -0.3 is 20.5 Å². The molecule has 0 aliphatic carbocycles. The SMILES string of the molecule is CCCOc1ccc(C(=O)Nc2cc(N)ccc2C)cc1OCC. The van der Waals surface area contributed by atoms with Crippen molar-refractivity contribution in [1.82, 2.24) is 0 Å². The summed E-state index contributed by atoms with van der Waals surface area (Å²) in [7, 11) is 0. The first-order valence-electron chi connectivity index (χ1n) is 8.12. The van der Waals surface area contributed by atoms with Crippen LogP contribution < -0.4 is 20.5 Å². The van der Waals surface area contributed by atoms with Crippen LogP contribution in [0, 0.1) is 6.92 Å². The Morgan fingerprint density at radius 1 is 1.08 bits per heavy atom. The Morgan fingerprint density at radius 3 is 2.58 bits per heavy atom. The van der Waals surface area contributed by atoms with E-state index in [-0.39, 0.29) is 5.91 Å². The summed E-state index contributed by atoms with van der Waals surface area (Å²) in [6.07, 6.45) is 0.905. The van der Waals surface area contributed by atoms with E-state index in [1.54, 1.807) is 30.3 Å². The number of carbonyl (C=O) groups is 1. The van der Waals surface area contributed by atoms with E-state index >= 15 is 0 Å². The van der Waals surface area contributed by atoms with Gasteiger partial charge in [0, 0.05) is 16.9 Å². The number of nitrogens with two attached hydrogens (primary N) is 1. The smallest absolute Gasteiger partial charge is 0.255 e. The molecule has 0 aliphatic rings. The minimum absolute atomic E-state index is 0.216. The Morgan fingerprint density at radius 2 is 1.88 bits per heavy atom. The van der Waals surface area contributed by atoms with Gasteiger partial charge in [0.15, 0.2) is 11.5 Å². The van der Waals surface area contributed by atoms with E-state index in [0.717, 1.165) is 12.0 Å². The Labute approximate surface area is 142 Å².